The highest BCUT2D eigenvalue weighted by molar-refractivity contribution is 6.36. The predicted molar refractivity (Wildman–Crippen MR) is 101 cm³/mol. The molecule has 0 atom stereocenters. The minimum atomic E-state index is -0.381. The number of rotatable bonds is 1. The van der Waals surface area contributed by atoms with E-state index < -0.39 is 0 Å². The first-order valence-corrected chi connectivity index (χ1v) is 8.27. The maximum Gasteiger partial charge on any atom is 0.265 e. The first kappa shape index (κ1) is 14.7. The van der Waals surface area contributed by atoms with Crippen LogP contribution in [0.1, 0.15) is 20.7 Å². The van der Waals surface area contributed by atoms with E-state index in [-0.39, 0.29) is 17.6 Å². The molecule has 4 aromatic carbocycles. The van der Waals surface area contributed by atoms with E-state index in [9.17, 15) is 14.7 Å². The van der Waals surface area contributed by atoms with Gasteiger partial charge in [-0.2, -0.15) is 0 Å². The zero-order valence-electron chi connectivity index (χ0n) is 13.6. The van der Waals surface area contributed by atoms with Crippen molar-refractivity contribution in [2.45, 2.75) is 0 Å². The molecule has 0 aliphatic carbocycles. The van der Waals surface area contributed by atoms with Crippen LogP contribution >= 0.6 is 0 Å². The van der Waals surface area contributed by atoms with Crippen molar-refractivity contribution in [3.8, 4) is 5.75 Å². The Labute approximate surface area is 148 Å². The first-order valence-electron chi connectivity index (χ1n) is 8.27. The lowest BCUT2D eigenvalue weighted by Gasteiger charge is -2.27. The fourth-order valence-electron chi connectivity index (χ4n) is 3.63. The van der Waals surface area contributed by atoms with Crippen molar-refractivity contribution in [2.24, 2.45) is 0 Å². The van der Waals surface area contributed by atoms with Crippen LogP contribution in [-0.4, -0.2) is 16.9 Å². The molecule has 26 heavy (non-hydrogen) atoms. The number of amides is 2. The van der Waals surface area contributed by atoms with E-state index in [1.54, 1.807) is 30.3 Å². The van der Waals surface area contributed by atoms with Crippen LogP contribution in [0.4, 0.5) is 5.69 Å². The third kappa shape index (κ3) is 1.90. The van der Waals surface area contributed by atoms with Crippen molar-refractivity contribution in [2.75, 3.05) is 4.90 Å². The lowest BCUT2D eigenvalue weighted by molar-refractivity contribution is 0.0893. The number of nitrogens with zero attached hydrogens (tertiary/aromatic N) is 1. The van der Waals surface area contributed by atoms with Crippen molar-refractivity contribution in [3.63, 3.8) is 0 Å². The molecule has 0 saturated heterocycles. The van der Waals surface area contributed by atoms with Crippen molar-refractivity contribution >= 4 is 39.0 Å². The highest BCUT2D eigenvalue weighted by Gasteiger charge is 2.34. The van der Waals surface area contributed by atoms with Gasteiger partial charge in [0.15, 0.2) is 0 Å². The van der Waals surface area contributed by atoms with Crippen LogP contribution in [0.2, 0.25) is 0 Å². The Morgan fingerprint density at radius 1 is 0.692 bits per heavy atom. The number of carbonyl (C=O) groups excluding carboxylic acids is 2. The number of imide groups is 1. The Kier molecular flexibility index (Phi) is 2.91. The van der Waals surface area contributed by atoms with Gasteiger partial charge in [-0.25, -0.2) is 4.90 Å². The molecule has 1 heterocycles. The van der Waals surface area contributed by atoms with Gasteiger partial charge in [0.25, 0.3) is 11.8 Å². The van der Waals surface area contributed by atoms with E-state index in [2.05, 4.69) is 0 Å². The van der Waals surface area contributed by atoms with Crippen LogP contribution in [0, 0.1) is 0 Å². The van der Waals surface area contributed by atoms with Gasteiger partial charge < -0.3 is 5.11 Å². The molecule has 1 N–H and O–H groups in total. The SMILES string of the molecule is O=C1c2cccc3c(O)ccc(c23)C(=O)N1c1ccc2ccccc2c1. The molecule has 124 valence electrons. The maximum atomic E-state index is 13.1. The van der Waals surface area contributed by atoms with Crippen LogP contribution in [0.3, 0.4) is 0 Å². The monoisotopic (exact) mass is 339 g/mol. The summed E-state index contributed by atoms with van der Waals surface area (Å²) in [6.07, 6.45) is 0. The Morgan fingerprint density at radius 2 is 1.42 bits per heavy atom. The molecule has 4 nitrogen and oxygen atoms in total. The summed E-state index contributed by atoms with van der Waals surface area (Å²) in [6.45, 7) is 0. The van der Waals surface area contributed by atoms with Gasteiger partial charge in [-0.15, -0.1) is 0 Å². The maximum absolute atomic E-state index is 13.1. The highest BCUT2D eigenvalue weighted by atomic mass is 16.3. The molecule has 0 saturated carbocycles. The number of aromatic hydroxyl groups is 1. The molecule has 0 unspecified atom stereocenters. The predicted octanol–water partition coefficient (Wildman–Crippen LogP) is 4.50. The topological polar surface area (TPSA) is 57.6 Å². The van der Waals surface area contributed by atoms with Crippen molar-refractivity contribution in [1.82, 2.24) is 0 Å². The summed E-state index contributed by atoms with van der Waals surface area (Å²) in [7, 11) is 0. The third-order valence-corrected chi connectivity index (χ3v) is 4.88. The molecule has 4 aromatic rings. The summed E-state index contributed by atoms with van der Waals surface area (Å²) < 4.78 is 0. The normalized spacial score (nSPS) is 13.6. The summed E-state index contributed by atoms with van der Waals surface area (Å²) >= 11 is 0. The first-order chi connectivity index (χ1) is 12.6. The van der Waals surface area contributed by atoms with Crippen molar-refractivity contribution in [3.05, 3.63) is 83.9 Å². The van der Waals surface area contributed by atoms with E-state index in [1.165, 1.54) is 11.0 Å². The second kappa shape index (κ2) is 5.17. The number of phenolic OH excluding ortho intramolecular Hbond substituents is 1. The van der Waals surface area contributed by atoms with Gasteiger partial charge >= 0.3 is 0 Å². The lowest BCUT2D eigenvalue weighted by Crippen LogP contribution is -2.40. The van der Waals surface area contributed by atoms with E-state index in [0.29, 0.717) is 27.6 Å². The number of hydrogen-bond donors (Lipinski definition) is 1. The number of hydrogen-bond acceptors (Lipinski definition) is 3. The van der Waals surface area contributed by atoms with Gasteiger partial charge in [0.1, 0.15) is 5.75 Å². The molecule has 0 aromatic heterocycles. The number of benzene rings is 4. The fourth-order valence-corrected chi connectivity index (χ4v) is 3.63. The van der Waals surface area contributed by atoms with Crippen LogP contribution in [0.15, 0.2) is 72.8 Å². The van der Waals surface area contributed by atoms with Crippen LogP contribution in [0.25, 0.3) is 21.5 Å². The van der Waals surface area contributed by atoms with Crippen LogP contribution in [0.5, 0.6) is 5.75 Å². The average molecular weight is 339 g/mol. The number of fused-ring (bicyclic) bond motifs is 1. The largest absolute Gasteiger partial charge is 0.507 e. The zero-order chi connectivity index (χ0) is 17.8. The Hall–Kier alpha value is -3.66. The second-order valence-corrected chi connectivity index (χ2v) is 6.34. The summed E-state index contributed by atoms with van der Waals surface area (Å²) in [5.41, 5.74) is 1.37. The Bertz CT molecular complexity index is 1220. The van der Waals surface area contributed by atoms with E-state index in [0.717, 1.165) is 10.8 Å². The van der Waals surface area contributed by atoms with Gasteiger partial charge in [-0.3, -0.25) is 9.59 Å². The zero-order valence-corrected chi connectivity index (χ0v) is 13.6. The Balaban J connectivity index is 1.75. The number of anilines is 1. The number of phenols is 1. The molecular formula is C22H13NO3. The van der Waals surface area contributed by atoms with Gasteiger partial charge in [-0.1, -0.05) is 42.5 Å². The van der Waals surface area contributed by atoms with Crippen LogP contribution < -0.4 is 4.90 Å². The van der Waals surface area contributed by atoms with Crippen molar-refractivity contribution in [1.29, 1.82) is 0 Å². The van der Waals surface area contributed by atoms with E-state index in [4.69, 9.17) is 0 Å². The molecule has 0 spiro atoms. The molecule has 0 radical (unpaired) electrons. The minimum Gasteiger partial charge on any atom is -0.507 e. The quantitative estimate of drug-likeness (QED) is 0.520. The van der Waals surface area contributed by atoms with Crippen LogP contribution in [-0.2, 0) is 0 Å². The summed E-state index contributed by atoms with van der Waals surface area (Å²) in [6, 6.07) is 21.5. The molecule has 0 bridgehead atoms. The molecule has 1 aliphatic rings. The summed E-state index contributed by atoms with van der Waals surface area (Å²) in [4.78, 5) is 27.4. The molecule has 2 amide bonds. The number of carbonyl (C=O) groups is 2. The smallest absolute Gasteiger partial charge is 0.265 e. The highest BCUT2D eigenvalue weighted by Crippen LogP contribution is 2.37. The lowest BCUT2D eigenvalue weighted by atomic mass is 9.93. The molecule has 5 rings (SSSR count). The molecular weight excluding hydrogens is 326 g/mol. The molecule has 4 heteroatoms. The average Bonchev–Trinajstić information content (AvgIpc) is 2.67. The second-order valence-electron chi connectivity index (χ2n) is 6.34. The summed E-state index contributed by atoms with van der Waals surface area (Å²) in [5, 5.41) is 13.1. The Morgan fingerprint density at radius 3 is 2.23 bits per heavy atom. The van der Waals surface area contributed by atoms with Crippen molar-refractivity contribution < 1.29 is 14.7 Å². The third-order valence-electron chi connectivity index (χ3n) is 4.88. The van der Waals surface area contributed by atoms with Gasteiger partial charge in [0.2, 0.25) is 0 Å². The molecule has 0 fully saturated rings. The minimum absolute atomic E-state index is 0.0605. The fraction of sp³-hybridized carbons (Fsp3) is 0. The summed E-state index contributed by atoms with van der Waals surface area (Å²) in [5.74, 6) is -0.701. The van der Waals surface area contributed by atoms with E-state index >= 15 is 0 Å². The van der Waals surface area contributed by atoms with Gasteiger partial charge in [0.05, 0.1) is 5.69 Å². The van der Waals surface area contributed by atoms with Gasteiger partial charge in [-0.05, 0) is 41.1 Å². The molecule has 1 aliphatic heterocycles. The standard InChI is InChI=1S/C22H13NO3/c24-19-11-10-18-20-16(19)6-3-7-17(20)21(25)23(22(18)26)15-9-8-13-4-1-2-5-14(13)12-15/h1-12,24H. The van der Waals surface area contributed by atoms with Gasteiger partial charge in [0, 0.05) is 21.9 Å². The van der Waals surface area contributed by atoms with E-state index in [1.807, 2.05) is 36.4 Å².